The Morgan fingerprint density at radius 1 is 0.969 bits per heavy atom. The maximum atomic E-state index is 13.5. The summed E-state index contributed by atoms with van der Waals surface area (Å²) in [6.07, 6.45) is 2.92. The van der Waals surface area contributed by atoms with Crippen molar-refractivity contribution in [3.63, 3.8) is 0 Å². The zero-order valence-electron chi connectivity index (χ0n) is 19.2. The summed E-state index contributed by atoms with van der Waals surface area (Å²) in [7, 11) is 0. The fourth-order valence-electron chi connectivity index (χ4n) is 4.71. The highest BCUT2D eigenvalue weighted by atomic mass is 16.5. The normalized spacial score (nSPS) is 19.2. The molecule has 2 aromatic carbocycles. The number of amides is 2. The first-order valence-electron chi connectivity index (χ1n) is 11.8. The van der Waals surface area contributed by atoms with Gasteiger partial charge in [0.1, 0.15) is 6.04 Å². The van der Waals surface area contributed by atoms with Gasteiger partial charge < -0.3 is 14.5 Å². The van der Waals surface area contributed by atoms with Gasteiger partial charge in [0, 0.05) is 32.5 Å². The van der Waals surface area contributed by atoms with Crippen LogP contribution in [0.2, 0.25) is 0 Å². The first-order chi connectivity index (χ1) is 15.5. The van der Waals surface area contributed by atoms with E-state index in [-0.39, 0.29) is 23.8 Å². The number of hydrogen-bond donors (Lipinski definition) is 0. The number of ether oxygens (including phenoxy) is 1. The van der Waals surface area contributed by atoms with Gasteiger partial charge in [-0.25, -0.2) is 0 Å². The molecule has 0 aliphatic carbocycles. The van der Waals surface area contributed by atoms with Gasteiger partial charge in [0.25, 0.3) is 0 Å². The molecule has 0 aromatic heterocycles. The number of nitrogens with zero attached hydrogens (tertiary/aromatic N) is 2. The lowest BCUT2D eigenvalue weighted by Crippen LogP contribution is -2.55. The molecular weight excluding hydrogens is 400 g/mol. The van der Waals surface area contributed by atoms with E-state index in [1.807, 2.05) is 54.0 Å². The van der Waals surface area contributed by atoms with E-state index in [4.69, 9.17) is 4.74 Å². The first kappa shape index (κ1) is 22.5. The summed E-state index contributed by atoms with van der Waals surface area (Å²) in [6, 6.07) is 18.0. The molecule has 0 N–H and O–H groups in total. The number of carbonyl (C=O) groups excluding carboxylic acids is 2. The predicted octanol–water partition coefficient (Wildman–Crippen LogP) is 4.19. The summed E-state index contributed by atoms with van der Waals surface area (Å²) in [5.74, 6) is 0.431. The molecule has 0 radical (unpaired) electrons. The van der Waals surface area contributed by atoms with Gasteiger partial charge in [-0.15, -0.1) is 0 Å². The van der Waals surface area contributed by atoms with Crippen LogP contribution in [-0.2, 0) is 33.9 Å². The van der Waals surface area contributed by atoms with E-state index < -0.39 is 6.04 Å². The van der Waals surface area contributed by atoms with E-state index in [0.717, 1.165) is 18.4 Å². The van der Waals surface area contributed by atoms with Gasteiger partial charge in [0.05, 0.1) is 12.7 Å². The number of hydrogen-bond acceptors (Lipinski definition) is 3. The van der Waals surface area contributed by atoms with E-state index in [2.05, 4.69) is 24.3 Å². The maximum Gasteiger partial charge on any atom is 0.245 e. The Bertz CT molecular complexity index is 920. The molecule has 0 bridgehead atoms. The number of piperidine rings is 1. The van der Waals surface area contributed by atoms with Gasteiger partial charge in [0.15, 0.2) is 0 Å². The zero-order chi connectivity index (χ0) is 22.5. The van der Waals surface area contributed by atoms with Crippen LogP contribution in [0.15, 0.2) is 54.6 Å². The van der Waals surface area contributed by atoms with Crippen molar-refractivity contribution in [2.45, 2.75) is 64.8 Å². The van der Waals surface area contributed by atoms with Gasteiger partial charge in [0.2, 0.25) is 11.8 Å². The SMILES string of the molecule is CC(C)CC(=O)N1Cc2ccccc2CC1C(=O)N1CCC(OCc2ccccc2)CC1. The van der Waals surface area contributed by atoms with Crippen molar-refractivity contribution < 1.29 is 14.3 Å². The Balaban J connectivity index is 1.39. The number of fused-ring (bicyclic) bond motifs is 1. The van der Waals surface area contributed by atoms with E-state index in [1.165, 1.54) is 11.1 Å². The van der Waals surface area contributed by atoms with Crippen LogP contribution in [0.3, 0.4) is 0 Å². The largest absolute Gasteiger partial charge is 0.373 e. The summed E-state index contributed by atoms with van der Waals surface area (Å²) in [5, 5.41) is 0. The average Bonchev–Trinajstić information content (AvgIpc) is 2.82. The number of benzene rings is 2. The highest BCUT2D eigenvalue weighted by molar-refractivity contribution is 5.88. The maximum absolute atomic E-state index is 13.5. The third-order valence-electron chi connectivity index (χ3n) is 6.52. The Morgan fingerprint density at radius 3 is 2.31 bits per heavy atom. The van der Waals surface area contributed by atoms with Crippen molar-refractivity contribution in [1.29, 1.82) is 0 Å². The fourth-order valence-corrected chi connectivity index (χ4v) is 4.71. The summed E-state index contributed by atoms with van der Waals surface area (Å²) >= 11 is 0. The summed E-state index contributed by atoms with van der Waals surface area (Å²) < 4.78 is 6.09. The standard InChI is InChI=1S/C27H34N2O3/c1-20(2)16-26(30)29-18-23-11-7-6-10-22(23)17-25(29)27(31)28-14-12-24(13-15-28)32-19-21-8-4-3-5-9-21/h3-11,20,24-25H,12-19H2,1-2H3. The molecule has 0 spiro atoms. The highest BCUT2D eigenvalue weighted by Crippen LogP contribution is 2.27. The smallest absolute Gasteiger partial charge is 0.245 e. The third kappa shape index (κ3) is 5.39. The monoisotopic (exact) mass is 434 g/mol. The molecular formula is C27H34N2O3. The van der Waals surface area contributed by atoms with Crippen LogP contribution in [-0.4, -0.2) is 46.8 Å². The Hall–Kier alpha value is -2.66. The predicted molar refractivity (Wildman–Crippen MR) is 125 cm³/mol. The lowest BCUT2D eigenvalue weighted by molar-refractivity contribution is -0.149. The summed E-state index contributed by atoms with van der Waals surface area (Å²) in [6.45, 7) is 6.59. The van der Waals surface area contributed by atoms with Crippen molar-refractivity contribution in [2.75, 3.05) is 13.1 Å². The molecule has 1 atom stereocenters. The van der Waals surface area contributed by atoms with E-state index >= 15 is 0 Å². The minimum absolute atomic E-state index is 0.0777. The molecule has 5 heteroatoms. The second-order valence-corrected chi connectivity index (χ2v) is 9.43. The van der Waals surface area contributed by atoms with Gasteiger partial charge in [-0.3, -0.25) is 9.59 Å². The number of rotatable bonds is 6. The molecule has 32 heavy (non-hydrogen) atoms. The van der Waals surface area contributed by atoms with Crippen LogP contribution in [0, 0.1) is 5.92 Å². The summed E-state index contributed by atoms with van der Waals surface area (Å²) in [5.41, 5.74) is 3.51. The van der Waals surface area contributed by atoms with E-state index in [9.17, 15) is 9.59 Å². The minimum atomic E-state index is -0.405. The van der Waals surface area contributed by atoms with Crippen LogP contribution in [0.4, 0.5) is 0 Å². The average molecular weight is 435 g/mol. The Labute approximate surface area is 191 Å². The van der Waals surface area contributed by atoms with Crippen molar-refractivity contribution in [2.24, 2.45) is 5.92 Å². The quantitative estimate of drug-likeness (QED) is 0.685. The van der Waals surface area contributed by atoms with Crippen LogP contribution >= 0.6 is 0 Å². The second kappa shape index (κ2) is 10.3. The van der Waals surface area contributed by atoms with Gasteiger partial charge in [-0.2, -0.15) is 0 Å². The third-order valence-corrected chi connectivity index (χ3v) is 6.52. The van der Waals surface area contributed by atoms with Crippen molar-refractivity contribution >= 4 is 11.8 Å². The van der Waals surface area contributed by atoms with Crippen molar-refractivity contribution in [3.8, 4) is 0 Å². The molecule has 2 aromatic rings. The molecule has 1 saturated heterocycles. The van der Waals surface area contributed by atoms with Gasteiger partial charge >= 0.3 is 0 Å². The molecule has 2 aliphatic rings. The molecule has 4 rings (SSSR count). The number of likely N-dealkylation sites (tertiary alicyclic amines) is 1. The summed E-state index contributed by atoms with van der Waals surface area (Å²) in [4.78, 5) is 30.3. The van der Waals surface area contributed by atoms with Crippen LogP contribution in [0.5, 0.6) is 0 Å². The van der Waals surface area contributed by atoms with E-state index in [0.29, 0.717) is 39.1 Å². The van der Waals surface area contributed by atoms with Gasteiger partial charge in [-0.1, -0.05) is 68.4 Å². The molecule has 1 unspecified atom stereocenters. The fraction of sp³-hybridized carbons (Fsp3) is 0.481. The molecule has 2 heterocycles. The molecule has 0 saturated carbocycles. The van der Waals surface area contributed by atoms with Crippen LogP contribution < -0.4 is 0 Å². The topological polar surface area (TPSA) is 49.9 Å². The second-order valence-electron chi connectivity index (χ2n) is 9.43. The van der Waals surface area contributed by atoms with E-state index in [1.54, 1.807) is 0 Å². The molecule has 2 aliphatic heterocycles. The first-order valence-corrected chi connectivity index (χ1v) is 11.8. The highest BCUT2D eigenvalue weighted by Gasteiger charge is 2.37. The Morgan fingerprint density at radius 2 is 1.62 bits per heavy atom. The van der Waals surface area contributed by atoms with Crippen molar-refractivity contribution in [3.05, 3.63) is 71.3 Å². The Kier molecular flexibility index (Phi) is 7.26. The lowest BCUT2D eigenvalue weighted by Gasteiger charge is -2.40. The molecule has 5 nitrogen and oxygen atoms in total. The van der Waals surface area contributed by atoms with Crippen LogP contribution in [0.1, 0.15) is 49.8 Å². The zero-order valence-corrected chi connectivity index (χ0v) is 19.2. The molecule has 1 fully saturated rings. The molecule has 170 valence electrons. The van der Waals surface area contributed by atoms with Gasteiger partial charge in [-0.05, 0) is 35.4 Å². The molecule has 2 amide bonds. The lowest BCUT2D eigenvalue weighted by atomic mass is 9.92. The number of carbonyl (C=O) groups is 2. The van der Waals surface area contributed by atoms with Crippen molar-refractivity contribution in [1.82, 2.24) is 9.80 Å². The minimum Gasteiger partial charge on any atom is -0.373 e. The van der Waals surface area contributed by atoms with Crippen LogP contribution in [0.25, 0.3) is 0 Å².